The van der Waals surface area contributed by atoms with Crippen LogP contribution in [0.4, 0.5) is 0 Å². The van der Waals surface area contributed by atoms with Crippen LogP contribution in [0.2, 0.25) is 0 Å². The van der Waals surface area contributed by atoms with E-state index in [0.29, 0.717) is 6.61 Å². The van der Waals surface area contributed by atoms with Gasteiger partial charge < -0.3 is 4.74 Å². The lowest BCUT2D eigenvalue weighted by Crippen LogP contribution is -2.22. The number of rotatable bonds is 3. The molecule has 0 N–H and O–H groups in total. The van der Waals surface area contributed by atoms with E-state index in [4.69, 9.17) is 4.74 Å². The zero-order valence-corrected chi connectivity index (χ0v) is 8.87. The molecular formula is C10H18N2O. The first-order chi connectivity index (χ1) is 5.99. The number of ether oxygens (including phenoxy) is 1. The maximum absolute atomic E-state index is 5.60. The second-order valence-corrected chi connectivity index (χ2v) is 4.16. The second kappa shape index (κ2) is 3.92. The highest BCUT2D eigenvalue weighted by molar-refractivity contribution is 4.96. The largest absolute Gasteiger partial charge is 0.374 e. The Balaban J connectivity index is 2.32. The van der Waals surface area contributed by atoms with E-state index in [2.05, 4.69) is 25.9 Å². The normalized spacial score (nSPS) is 12.0. The predicted molar refractivity (Wildman–Crippen MR) is 52.7 cm³/mol. The van der Waals surface area contributed by atoms with Crippen LogP contribution in [-0.4, -0.2) is 22.0 Å². The second-order valence-electron chi connectivity index (χ2n) is 4.16. The summed E-state index contributed by atoms with van der Waals surface area (Å²) in [5.41, 5.74) is 1.12. The first kappa shape index (κ1) is 10.3. The number of nitrogens with zero attached hydrogens (tertiary/aromatic N) is 2. The molecule has 0 saturated carbocycles. The Hall–Kier alpha value is -0.830. The summed E-state index contributed by atoms with van der Waals surface area (Å²) in [6, 6.07) is 2.00. The molecule has 1 heterocycles. The van der Waals surface area contributed by atoms with Crippen LogP contribution >= 0.6 is 0 Å². The molecule has 74 valence electrons. The van der Waals surface area contributed by atoms with E-state index >= 15 is 0 Å². The molecule has 0 atom stereocenters. The Morgan fingerprint density at radius 1 is 1.46 bits per heavy atom. The van der Waals surface area contributed by atoms with E-state index in [1.807, 2.05) is 23.9 Å². The van der Waals surface area contributed by atoms with Crippen molar-refractivity contribution in [2.75, 3.05) is 6.61 Å². The van der Waals surface area contributed by atoms with Crippen molar-refractivity contribution in [1.82, 2.24) is 9.78 Å². The van der Waals surface area contributed by atoms with E-state index < -0.39 is 0 Å². The third-order valence-electron chi connectivity index (χ3n) is 1.77. The highest BCUT2D eigenvalue weighted by atomic mass is 16.5. The molecule has 3 heteroatoms. The van der Waals surface area contributed by atoms with Crippen molar-refractivity contribution < 1.29 is 4.74 Å². The van der Waals surface area contributed by atoms with Crippen molar-refractivity contribution in [2.24, 2.45) is 0 Å². The van der Waals surface area contributed by atoms with Crippen molar-refractivity contribution in [1.29, 1.82) is 0 Å². The van der Waals surface area contributed by atoms with Gasteiger partial charge in [-0.15, -0.1) is 0 Å². The molecule has 0 saturated heterocycles. The first-order valence-electron chi connectivity index (χ1n) is 4.61. The van der Waals surface area contributed by atoms with Gasteiger partial charge in [0.2, 0.25) is 0 Å². The third-order valence-corrected chi connectivity index (χ3v) is 1.77. The summed E-state index contributed by atoms with van der Waals surface area (Å²) < 4.78 is 7.55. The van der Waals surface area contributed by atoms with Gasteiger partial charge in [-0.05, 0) is 33.8 Å². The molecule has 0 aliphatic carbocycles. The third kappa shape index (κ3) is 3.59. The topological polar surface area (TPSA) is 27.1 Å². The minimum absolute atomic E-state index is 0.0545. The molecule has 0 radical (unpaired) electrons. The molecule has 0 aliphatic heterocycles. The predicted octanol–water partition coefficient (Wildman–Crippen LogP) is 2.01. The average Bonchev–Trinajstić information content (AvgIpc) is 2.34. The molecule has 0 unspecified atom stereocenters. The van der Waals surface area contributed by atoms with Gasteiger partial charge in [0.15, 0.2) is 0 Å². The van der Waals surface area contributed by atoms with Crippen LogP contribution in [0.25, 0.3) is 0 Å². The van der Waals surface area contributed by atoms with Crippen molar-refractivity contribution in [3.05, 3.63) is 18.0 Å². The minimum atomic E-state index is -0.0545. The Morgan fingerprint density at radius 2 is 2.15 bits per heavy atom. The monoisotopic (exact) mass is 182 g/mol. The molecule has 1 aromatic rings. The molecule has 1 aromatic heterocycles. The van der Waals surface area contributed by atoms with Crippen LogP contribution < -0.4 is 0 Å². The van der Waals surface area contributed by atoms with E-state index in [-0.39, 0.29) is 5.60 Å². The van der Waals surface area contributed by atoms with Crippen LogP contribution in [0.1, 0.15) is 26.5 Å². The van der Waals surface area contributed by atoms with Crippen molar-refractivity contribution in [3.63, 3.8) is 0 Å². The number of aromatic nitrogens is 2. The summed E-state index contributed by atoms with van der Waals surface area (Å²) in [7, 11) is 0. The summed E-state index contributed by atoms with van der Waals surface area (Å²) in [5.74, 6) is 0. The van der Waals surface area contributed by atoms with Gasteiger partial charge in [0.05, 0.1) is 18.8 Å². The molecule has 3 nitrogen and oxygen atoms in total. The van der Waals surface area contributed by atoms with E-state index in [1.165, 1.54) is 5.69 Å². The van der Waals surface area contributed by atoms with Crippen molar-refractivity contribution in [3.8, 4) is 0 Å². The number of aryl methyl sites for hydroxylation is 1. The lowest BCUT2D eigenvalue weighted by Gasteiger charge is -2.19. The zero-order valence-electron chi connectivity index (χ0n) is 8.87. The highest BCUT2D eigenvalue weighted by Gasteiger charge is 2.09. The fourth-order valence-electron chi connectivity index (χ4n) is 1.07. The summed E-state index contributed by atoms with van der Waals surface area (Å²) in [5, 5.41) is 4.17. The fourth-order valence-corrected chi connectivity index (χ4v) is 1.07. The lowest BCUT2D eigenvalue weighted by atomic mass is 10.2. The molecule has 0 spiro atoms. The standard InChI is InChI=1S/C10H18N2O/c1-9-5-6-11-12(9)7-8-13-10(2,3)4/h5-6H,7-8H2,1-4H3. The smallest absolute Gasteiger partial charge is 0.0669 e. The maximum atomic E-state index is 5.60. The Labute approximate surface area is 79.7 Å². The van der Waals surface area contributed by atoms with Crippen LogP contribution in [0.3, 0.4) is 0 Å². The summed E-state index contributed by atoms with van der Waals surface area (Å²) >= 11 is 0. The summed E-state index contributed by atoms with van der Waals surface area (Å²) in [6.45, 7) is 9.76. The van der Waals surface area contributed by atoms with Gasteiger partial charge in [0, 0.05) is 11.9 Å². The lowest BCUT2D eigenvalue weighted by molar-refractivity contribution is -0.00808. The number of hydrogen-bond donors (Lipinski definition) is 0. The molecule has 13 heavy (non-hydrogen) atoms. The quantitative estimate of drug-likeness (QED) is 0.715. The van der Waals surface area contributed by atoms with Crippen LogP contribution in [-0.2, 0) is 11.3 Å². The van der Waals surface area contributed by atoms with Crippen molar-refractivity contribution >= 4 is 0 Å². The minimum Gasteiger partial charge on any atom is -0.374 e. The van der Waals surface area contributed by atoms with Gasteiger partial charge in [-0.3, -0.25) is 4.68 Å². The molecule has 0 fully saturated rings. The van der Waals surface area contributed by atoms with Crippen LogP contribution in [0.15, 0.2) is 12.3 Å². The Morgan fingerprint density at radius 3 is 2.62 bits per heavy atom. The molecule has 0 aromatic carbocycles. The Bertz CT molecular complexity index is 260. The van der Waals surface area contributed by atoms with Crippen LogP contribution in [0.5, 0.6) is 0 Å². The Kier molecular flexibility index (Phi) is 3.09. The summed E-state index contributed by atoms with van der Waals surface area (Å²) in [6.07, 6.45) is 1.81. The average molecular weight is 182 g/mol. The highest BCUT2D eigenvalue weighted by Crippen LogP contribution is 2.06. The van der Waals surface area contributed by atoms with E-state index in [1.54, 1.807) is 0 Å². The number of hydrogen-bond acceptors (Lipinski definition) is 2. The SMILES string of the molecule is Cc1ccnn1CCOC(C)(C)C. The van der Waals surface area contributed by atoms with Gasteiger partial charge in [-0.1, -0.05) is 0 Å². The molecular weight excluding hydrogens is 164 g/mol. The summed E-state index contributed by atoms with van der Waals surface area (Å²) in [4.78, 5) is 0. The fraction of sp³-hybridized carbons (Fsp3) is 0.700. The first-order valence-corrected chi connectivity index (χ1v) is 4.61. The van der Waals surface area contributed by atoms with Gasteiger partial charge in [0.1, 0.15) is 0 Å². The maximum Gasteiger partial charge on any atom is 0.0669 e. The van der Waals surface area contributed by atoms with Gasteiger partial charge in [-0.2, -0.15) is 5.10 Å². The van der Waals surface area contributed by atoms with Crippen LogP contribution in [0, 0.1) is 6.92 Å². The molecule has 0 amide bonds. The van der Waals surface area contributed by atoms with E-state index in [9.17, 15) is 0 Å². The van der Waals surface area contributed by atoms with Crippen molar-refractivity contribution in [2.45, 2.75) is 39.8 Å². The molecule has 0 aliphatic rings. The molecule has 0 bridgehead atoms. The van der Waals surface area contributed by atoms with E-state index in [0.717, 1.165) is 6.54 Å². The molecule has 1 rings (SSSR count). The van der Waals surface area contributed by atoms with Gasteiger partial charge in [0.25, 0.3) is 0 Å². The van der Waals surface area contributed by atoms with Gasteiger partial charge >= 0.3 is 0 Å². The zero-order chi connectivity index (χ0) is 9.90. The van der Waals surface area contributed by atoms with Gasteiger partial charge in [-0.25, -0.2) is 0 Å².